The number of nitro groups is 1. The van der Waals surface area contributed by atoms with E-state index in [-0.39, 0.29) is 22.8 Å². The molecule has 1 aromatic heterocycles. The van der Waals surface area contributed by atoms with E-state index < -0.39 is 4.92 Å². The lowest BCUT2D eigenvalue weighted by Crippen LogP contribution is -2.20. The summed E-state index contributed by atoms with van der Waals surface area (Å²) in [6.45, 7) is 1.57. The van der Waals surface area contributed by atoms with Gasteiger partial charge < -0.3 is 5.32 Å². The molecule has 0 bridgehead atoms. The molecular formula is C12H17ClN4O2. The molecule has 0 saturated heterocycles. The van der Waals surface area contributed by atoms with Crippen LogP contribution in [0.1, 0.15) is 44.2 Å². The molecule has 2 rings (SSSR count). The van der Waals surface area contributed by atoms with Crippen LogP contribution in [-0.2, 0) is 0 Å². The zero-order valence-electron chi connectivity index (χ0n) is 10.9. The smallest absolute Gasteiger partial charge is 0.332 e. The lowest BCUT2D eigenvalue weighted by molar-refractivity contribution is -0.385. The summed E-state index contributed by atoms with van der Waals surface area (Å²) in [5.74, 6) is 0.245. The predicted octanol–water partition coefficient (Wildman–Crippen LogP) is 3.48. The summed E-state index contributed by atoms with van der Waals surface area (Å²) < 4.78 is 0. The third kappa shape index (κ3) is 3.53. The van der Waals surface area contributed by atoms with Crippen molar-refractivity contribution in [2.75, 3.05) is 5.32 Å². The largest absolute Gasteiger partial charge is 0.361 e. The average molecular weight is 285 g/mol. The van der Waals surface area contributed by atoms with Crippen LogP contribution >= 0.6 is 11.6 Å². The number of halogens is 1. The Balaban J connectivity index is 2.24. The first-order valence-electron chi connectivity index (χ1n) is 6.53. The highest BCUT2D eigenvalue weighted by Crippen LogP contribution is 2.29. The molecule has 0 aromatic carbocycles. The molecule has 104 valence electrons. The fraction of sp³-hybridized carbons (Fsp3) is 0.667. The van der Waals surface area contributed by atoms with Gasteiger partial charge in [-0.05, 0) is 31.4 Å². The number of aromatic nitrogens is 2. The van der Waals surface area contributed by atoms with Gasteiger partial charge >= 0.3 is 5.69 Å². The van der Waals surface area contributed by atoms with Gasteiger partial charge in [-0.15, -0.1) is 0 Å². The maximum absolute atomic E-state index is 11.1. The number of hydrogen-bond acceptors (Lipinski definition) is 5. The first-order valence-corrected chi connectivity index (χ1v) is 6.91. The van der Waals surface area contributed by atoms with Crippen molar-refractivity contribution < 1.29 is 4.92 Å². The van der Waals surface area contributed by atoms with E-state index in [2.05, 4.69) is 15.3 Å². The molecule has 0 atom stereocenters. The number of hydrogen-bond donors (Lipinski definition) is 1. The molecule has 1 aliphatic rings. The van der Waals surface area contributed by atoms with E-state index in [0.717, 1.165) is 25.7 Å². The average Bonchev–Trinajstić information content (AvgIpc) is 2.56. The molecule has 1 aliphatic carbocycles. The van der Waals surface area contributed by atoms with Crippen molar-refractivity contribution in [3.05, 3.63) is 21.1 Å². The number of nitrogens with one attached hydrogen (secondary N) is 1. The Hall–Kier alpha value is -1.43. The number of nitrogens with zero attached hydrogens (tertiary/aromatic N) is 3. The van der Waals surface area contributed by atoms with Crippen molar-refractivity contribution in [2.24, 2.45) is 0 Å². The summed E-state index contributed by atoms with van der Waals surface area (Å²) in [6.07, 6.45) is 6.76. The second kappa shape index (κ2) is 6.14. The molecule has 1 aromatic rings. The minimum absolute atomic E-state index is 0.0409. The first kappa shape index (κ1) is 14.0. The van der Waals surface area contributed by atoms with Gasteiger partial charge in [-0.2, -0.15) is 4.98 Å². The SMILES string of the molecule is Cc1nc(Cl)nc(NC2CCCCCC2)c1[N+](=O)[O-]. The van der Waals surface area contributed by atoms with Crippen molar-refractivity contribution in [3.63, 3.8) is 0 Å². The van der Waals surface area contributed by atoms with E-state index >= 15 is 0 Å². The first-order chi connectivity index (χ1) is 9.08. The van der Waals surface area contributed by atoms with Crippen LogP contribution in [0.4, 0.5) is 11.5 Å². The highest BCUT2D eigenvalue weighted by Gasteiger charge is 2.24. The van der Waals surface area contributed by atoms with Crippen molar-refractivity contribution in [1.82, 2.24) is 9.97 Å². The van der Waals surface area contributed by atoms with E-state index in [1.165, 1.54) is 12.8 Å². The van der Waals surface area contributed by atoms with Crippen molar-refractivity contribution in [2.45, 2.75) is 51.5 Å². The van der Waals surface area contributed by atoms with Gasteiger partial charge in [-0.3, -0.25) is 10.1 Å². The van der Waals surface area contributed by atoms with Gasteiger partial charge in [-0.1, -0.05) is 25.7 Å². The van der Waals surface area contributed by atoms with Crippen LogP contribution in [0.15, 0.2) is 0 Å². The Bertz CT molecular complexity index is 473. The van der Waals surface area contributed by atoms with Crippen LogP contribution in [0.3, 0.4) is 0 Å². The quantitative estimate of drug-likeness (QED) is 0.398. The maximum atomic E-state index is 11.1. The predicted molar refractivity (Wildman–Crippen MR) is 73.5 cm³/mol. The summed E-state index contributed by atoms with van der Waals surface area (Å²) in [5, 5.41) is 14.3. The van der Waals surface area contributed by atoms with Gasteiger partial charge in [0.15, 0.2) is 0 Å². The maximum Gasteiger partial charge on any atom is 0.332 e. The van der Waals surface area contributed by atoms with Crippen LogP contribution in [0, 0.1) is 17.0 Å². The molecule has 1 fully saturated rings. The molecule has 1 saturated carbocycles. The lowest BCUT2D eigenvalue weighted by atomic mass is 10.1. The van der Waals surface area contributed by atoms with Crippen LogP contribution in [-0.4, -0.2) is 20.9 Å². The van der Waals surface area contributed by atoms with Gasteiger partial charge in [0.25, 0.3) is 0 Å². The van der Waals surface area contributed by atoms with E-state index in [1.807, 2.05) is 0 Å². The van der Waals surface area contributed by atoms with E-state index in [4.69, 9.17) is 11.6 Å². The summed E-state index contributed by atoms with van der Waals surface area (Å²) >= 11 is 5.79. The molecule has 6 nitrogen and oxygen atoms in total. The fourth-order valence-electron chi connectivity index (χ4n) is 2.47. The lowest BCUT2D eigenvalue weighted by Gasteiger charge is -2.17. The second-order valence-electron chi connectivity index (χ2n) is 4.87. The van der Waals surface area contributed by atoms with Gasteiger partial charge in [0.05, 0.1) is 4.92 Å². The van der Waals surface area contributed by atoms with Gasteiger partial charge in [0.1, 0.15) is 5.69 Å². The zero-order valence-corrected chi connectivity index (χ0v) is 11.6. The standard InChI is InChI=1S/C12H17ClN4O2/c1-8-10(17(18)19)11(16-12(13)14-8)15-9-6-4-2-3-5-7-9/h9H,2-7H2,1H3,(H,14,15,16). The molecule has 1 N–H and O–H groups in total. The summed E-state index contributed by atoms with van der Waals surface area (Å²) in [6, 6.07) is 0.228. The Labute approximate surface area is 116 Å². The Morgan fingerprint density at radius 1 is 1.26 bits per heavy atom. The van der Waals surface area contributed by atoms with Crippen molar-refractivity contribution in [1.29, 1.82) is 0 Å². The van der Waals surface area contributed by atoms with E-state index in [1.54, 1.807) is 6.92 Å². The Morgan fingerprint density at radius 3 is 2.47 bits per heavy atom. The van der Waals surface area contributed by atoms with E-state index in [0.29, 0.717) is 5.69 Å². The van der Waals surface area contributed by atoms with Crippen molar-refractivity contribution in [3.8, 4) is 0 Å². The molecule has 1 heterocycles. The summed E-state index contributed by atoms with van der Waals surface area (Å²) in [5.41, 5.74) is 0.217. The molecular weight excluding hydrogens is 268 g/mol. The normalized spacial score (nSPS) is 16.9. The Morgan fingerprint density at radius 2 is 1.89 bits per heavy atom. The molecule has 19 heavy (non-hydrogen) atoms. The topological polar surface area (TPSA) is 81.0 Å². The molecule has 0 unspecified atom stereocenters. The number of anilines is 1. The monoisotopic (exact) mass is 284 g/mol. The molecule has 0 amide bonds. The van der Waals surface area contributed by atoms with Crippen LogP contribution < -0.4 is 5.32 Å². The fourth-order valence-corrected chi connectivity index (χ4v) is 2.68. The summed E-state index contributed by atoms with van der Waals surface area (Å²) in [7, 11) is 0. The third-order valence-corrected chi connectivity index (χ3v) is 3.58. The minimum Gasteiger partial charge on any atom is -0.361 e. The highest BCUT2D eigenvalue weighted by atomic mass is 35.5. The Kier molecular flexibility index (Phi) is 4.52. The molecule has 0 aliphatic heterocycles. The summed E-state index contributed by atoms with van der Waals surface area (Å²) in [4.78, 5) is 18.5. The highest BCUT2D eigenvalue weighted by molar-refractivity contribution is 6.28. The minimum atomic E-state index is -0.454. The van der Waals surface area contributed by atoms with Gasteiger partial charge in [-0.25, -0.2) is 4.98 Å². The zero-order chi connectivity index (χ0) is 13.8. The van der Waals surface area contributed by atoms with Gasteiger partial charge in [0.2, 0.25) is 11.1 Å². The van der Waals surface area contributed by atoms with Crippen molar-refractivity contribution >= 4 is 23.1 Å². The number of aryl methyl sites for hydroxylation is 1. The van der Waals surface area contributed by atoms with Crippen LogP contribution in [0.25, 0.3) is 0 Å². The molecule has 0 spiro atoms. The second-order valence-corrected chi connectivity index (χ2v) is 5.20. The van der Waals surface area contributed by atoms with Crippen LogP contribution in [0.5, 0.6) is 0 Å². The van der Waals surface area contributed by atoms with Gasteiger partial charge in [0, 0.05) is 6.04 Å². The molecule has 7 heteroatoms. The third-order valence-electron chi connectivity index (χ3n) is 3.41. The number of rotatable bonds is 3. The van der Waals surface area contributed by atoms with E-state index in [9.17, 15) is 10.1 Å². The molecule has 0 radical (unpaired) electrons. The van der Waals surface area contributed by atoms with Crippen LogP contribution in [0.2, 0.25) is 5.28 Å².